The summed E-state index contributed by atoms with van der Waals surface area (Å²) in [4.78, 5) is 16.1. The Hall–Kier alpha value is -2.67. The van der Waals surface area contributed by atoms with E-state index in [-0.39, 0.29) is 17.7 Å². The number of aromatic nitrogens is 4. The Morgan fingerprint density at radius 2 is 1.85 bits per heavy atom. The maximum Gasteiger partial charge on any atom is 0.230 e. The lowest BCUT2D eigenvalue weighted by Gasteiger charge is -2.12. The Morgan fingerprint density at radius 1 is 1.11 bits per heavy atom. The maximum atomic E-state index is 12.1. The largest absolute Gasteiger partial charge is 0.353 e. The Bertz CT molecular complexity index is 937. The minimum absolute atomic E-state index is 0.0184. The molecule has 6 nitrogen and oxygen atoms in total. The average molecular weight is 382 g/mol. The number of pyridine rings is 1. The van der Waals surface area contributed by atoms with Gasteiger partial charge in [-0.1, -0.05) is 17.8 Å². The van der Waals surface area contributed by atoms with Gasteiger partial charge in [-0.05, 0) is 63.1 Å². The quantitative estimate of drug-likeness (QED) is 0.661. The summed E-state index contributed by atoms with van der Waals surface area (Å²) >= 11 is 1.38. The van der Waals surface area contributed by atoms with Crippen LogP contribution in [-0.2, 0) is 4.79 Å². The van der Waals surface area contributed by atoms with Crippen molar-refractivity contribution in [3.05, 3.63) is 53.9 Å². The molecule has 0 saturated heterocycles. The molecule has 0 aliphatic rings. The first-order valence-corrected chi connectivity index (χ1v) is 9.80. The minimum Gasteiger partial charge on any atom is -0.353 e. The van der Waals surface area contributed by atoms with Crippen LogP contribution in [0.25, 0.3) is 17.1 Å². The zero-order chi connectivity index (χ0) is 19.4. The van der Waals surface area contributed by atoms with E-state index in [0.717, 1.165) is 17.1 Å². The van der Waals surface area contributed by atoms with Crippen LogP contribution in [0.2, 0.25) is 0 Å². The van der Waals surface area contributed by atoms with Crippen LogP contribution >= 0.6 is 11.8 Å². The van der Waals surface area contributed by atoms with Gasteiger partial charge in [-0.3, -0.25) is 14.3 Å². The molecule has 27 heavy (non-hydrogen) atoms. The third-order valence-corrected chi connectivity index (χ3v) is 5.03. The van der Waals surface area contributed by atoms with Crippen molar-refractivity contribution in [1.82, 2.24) is 25.1 Å². The van der Waals surface area contributed by atoms with Gasteiger partial charge in [0, 0.05) is 24.0 Å². The third kappa shape index (κ3) is 4.54. The summed E-state index contributed by atoms with van der Waals surface area (Å²) < 4.78 is 2.00. The highest BCUT2D eigenvalue weighted by molar-refractivity contribution is 7.99. The second kappa shape index (κ2) is 8.35. The number of thioether (sulfide) groups is 1. The fourth-order valence-corrected chi connectivity index (χ4v) is 3.41. The van der Waals surface area contributed by atoms with E-state index < -0.39 is 0 Å². The molecule has 0 atom stereocenters. The smallest absolute Gasteiger partial charge is 0.230 e. The molecule has 0 radical (unpaired) electrons. The van der Waals surface area contributed by atoms with Crippen LogP contribution < -0.4 is 5.32 Å². The van der Waals surface area contributed by atoms with E-state index in [1.807, 2.05) is 30.5 Å². The van der Waals surface area contributed by atoms with E-state index in [4.69, 9.17) is 0 Å². The first kappa shape index (κ1) is 19.1. The summed E-state index contributed by atoms with van der Waals surface area (Å²) in [5, 5.41) is 12.3. The van der Waals surface area contributed by atoms with Gasteiger partial charge in [0.05, 0.1) is 11.4 Å². The van der Waals surface area contributed by atoms with Crippen molar-refractivity contribution >= 4 is 17.7 Å². The summed E-state index contributed by atoms with van der Waals surface area (Å²) in [5.41, 5.74) is 4.31. The molecule has 0 aliphatic carbocycles. The summed E-state index contributed by atoms with van der Waals surface area (Å²) in [6, 6.07) is 10.2. The Balaban J connectivity index is 2.00. The normalized spacial score (nSPS) is 11.0. The molecule has 3 aromatic rings. The molecule has 140 valence electrons. The fraction of sp³-hybridized carbons (Fsp3) is 0.300. The molecule has 2 heterocycles. The average Bonchev–Trinajstić information content (AvgIpc) is 3.06. The topological polar surface area (TPSA) is 72.7 Å². The number of rotatable bonds is 6. The predicted molar refractivity (Wildman–Crippen MR) is 108 cm³/mol. The standard InChI is InChI=1S/C20H23N5OS/c1-13(2)22-18(26)12-27-20-24-23-19(16-7-9-21-10-8-16)25(20)17-6-5-14(3)15(4)11-17/h5-11,13H,12H2,1-4H3,(H,22,26). The zero-order valence-corrected chi connectivity index (χ0v) is 16.7. The summed E-state index contributed by atoms with van der Waals surface area (Å²) in [7, 11) is 0. The molecule has 0 aliphatic heterocycles. The van der Waals surface area contributed by atoms with E-state index in [9.17, 15) is 4.79 Å². The van der Waals surface area contributed by atoms with Crippen LogP contribution in [0.5, 0.6) is 0 Å². The van der Waals surface area contributed by atoms with E-state index in [1.54, 1.807) is 12.4 Å². The fourth-order valence-electron chi connectivity index (χ4n) is 2.64. The first-order valence-electron chi connectivity index (χ1n) is 8.81. The SMILES string of the molecule is Cc1ccc(-n2c(SCC(=O)NC(C)C)nnc2-c2ccncc2)cc1C. The Kier molecular flexibility index (Phi) is 5.91. The van der Waals surface area contributed by atoms with Crippen LogP contribution in [0.3, 0.4) is 0 Å². The summed E-state index contributed by atoms with van der Waals surface area (Å²) in [6.45, 7) is 8.06. The molecular weight excluding hydrogens is 358 g/mol. The monoisotopic (exact) mass is 381 g/mol. The van der Waals surface area contributed by atoms with Crippen molar-refractivity contribution in [3.8, 4) is 17.1 Å². The van der Waals surface area contributed by atoms with Crippen molar-refractivity contribution in [1.29, 1.82) is 0 Å². The van der Waals surface area contributed by atoms with Gasteiger partial charge < -0.3 is 5.32 Å². The predicted octanol–water partition coefficient (Wildman–Crippen LogP) is 3.56. The van der Waals surface area contributed by atoms with Crippen LogP contribution in [0.1, 0.15) is 25.0 Å². The lowest BCUT2D eigenvalue weighted by molar-refractivity contribution is -0.119. The number of nitrogens with zero attached hydrogens (tertiary/aromatic N) is 4. The second-order valence-corrected chi connectivity index (χ2v) is 7.60. The molecule has 1 aromatic carbocycles. The van der Waals surface area contributed by atoms with Gasteiger partial charge in [0.25, 0.3) is 0 Å². The molecule has 0 fully saturated rings. The van der Waals surface area contributed by atoms with E-state index >= 15 is 0 Å². The van der Waals surface area contributed by atoms with Crippen molar-refractivity contribution in [2.75, 3.05) is 5.75 Å². The van der Waals surface area contributed by atoms with Gasteiger partial charge in [-0.15, -0.1) is 10.2 Å². The van der Waals surface area contributed by atoms with Gasteiger partial charge in [-0.2, -0.15) is 0 Å². The van der Waals surface area contributed by atoms with Gasteiger partial charge in [0.2, 0.25) is 5.91 Å². The van der Waals surface area contributed by atoms with E-state index in [2.05, 4.69) is 52.5 Å². The number of carbonyl (C=O) groups excluding carboxylic acids is 1. The van der Waals surface area contributed by atoms with Gasteiger partial charge in [0.1, 0.15) is 0 Å². The second-order valence-electron chi connectivity index (χ2n) is 6.66. The van der Waals surface area contributed by atoms with Gasteiger partial charge in [0.15, 0.2) is 11.0 Å². The maximum absolute atomic E-state index is 12.1. The molecule has 1 amide bonds. The molecule has 0 bridgehead atoms. The van der Waals surface area contributed by atoms with Crippen molar-refractivity contribution in [2.24, 2.45) is 0 Å². The highest BCUT2D eigenvalue weighted by Gasteiger charge is 2.17. The molecule has 1 N–H and O–H groups in total. The van der Waals surface area contributed by atoms with Crippen molar-refractivity contribution in [2.45, 2.75) is 38.9 Å². The summed E-state index contributed by atoms with van der Waals surface area (Å²) in [5.74, 6) is 1.000. The number of hydrogen-bond acceptors (Lipinski definition) is 5. The Morgan fingerprint density at radius 3 is 2.52 bits per heavy atom. The molecule has 0 saturated carbocycles. The van der Waals surface area contributed by atoms with Crippen LogP contribution in [0, 0.1) is 13.8 Å². The molecule has 3 rings (SSSR count). The highest BCUT2D eigenvalue weighted by Crippen LogP contribution is 2.28. The van der Waals surface area contributed by atoms with Crippen LogP contribution in [-0.4, -0.2) is 37.5 Å². The lowest BCUT2D eigenvalue weighted by atomic mass is 10.1. The number of carbonyl (C=O) groups is 1. The van der Waals surface area contributed by atoms with Crippen molar-refractivity contribution in [3.63, 3.8) is 0 Å². The number of nitrogens with one attached hydrogen (secondary N) is 1. The molecule has 7 heteroatoms. The molecule has 0 unspecified atom stereocenters. The number of hydrogen-bond donors (Lipinski definition) is 1. The van der Waals surface area contributed by atoms with E-state index in [1.165, 1.54) is 22.9 Å². The minimum atomic E-state index is -0.0184. The van der Waals surface area contributed by atoms with Crippen LogP contribution in [0.15, 0.2) is 47.9 Å². The van der Waals surface area contributed by atoms with E-state index in [0.29, 0.717) is 5.16 Å². The number of aryl methyl sites for hydroxylation is 2. The molecule has 2 aromatic heterocycles. The molecule has 0 spiro atoms. The van der Waals surface area contributed by atoms with Crippen LogP contribution in [0.4, 0.5) is 0 Å². The number of amides is 1. The number of benzene rings is 1. The highest BCUT2D eigenvalue weighted by atomic mass is 32.2. The van der Waals surface area contributed by atoms with Gasteiger partial charge in [-0.25, -0.2) is 0 Å². The zero-order valence-electron chi connectivity index (χ0n) is 15.9. The first-order chi connectivity index (χ1) is 13.0. The van der Waals surface area contributed by atoms with Gasteiger partial charge >= 0.3 is 0 Å². The Labute approximate surface area is 163 Å². The lowest BCUT2D eigenvalue weighted by Crippen LogP contribution is -2.31. The molecular formula is C20H23N5OS. The van der Waals surface area contributed by atoms with Crippen molar-refractivity contribution < 1.29 is 4.79 Å². The summed E-state index contributed by atoms with van der Waals surface area (Å²) in [6.07, 6.45) is 3.47. The third-order valence-electron chi connectivity index (χ3n) is 4.10.